The standard InChI is InChI=1S/C27H33N9O4/c1-17(37)22-28-19-5-3-4-6-20(19)36(22)27-30-23-21(24(31-27)34-9-13-40-14-10-34)29-25(32(23)2)26(38)35-15-18(16-35)33-7-11-39-12-8-33/h3-6,17-18,37H,7-16H2,1-2H3/t17-/m1/s1. The molecule has 0 bridgehead atoms. The Morgan fingerprint density at radius 3 is 2.40 bits per heavy atom. The molecule has 6 heterocycles. The van der Waals surface area contributed by atoms with E-state index in [4.69, 9.17) is 24.4 Å². The van der Waals surface area contributed by atoms with Crippen LogP contribution in [0.25, 0.3) is 28.1 Å². The molecule has 210 valence electrons. The number of hydrogen-bond donors (Lipinski definition) is 1. The third kappa shape index (κ3) is 4.20. The van der Waals surface area contributed by atoms with Crippen molar-refractivity contribution in [3.63, 3.8) is 0 Å². The van der Waals surface area contributed by atoms with E-state index in [1.165, 1.54) is 0 Å². The van der Waals surface area contributed by atoms with Crippen LogP contribution in [0.2, 0.25) is 0 Å². The van der Waals surface area contributed by atoms with E-state index in [1.54, 1.807) is 16.1 Å². The van der Waals surface area contributed by atoms with Crippen molar-refractivity contribution in [1.82, 2.24) is 38.9 Å². The molecule has 7 rings (SSSR count). The summed E-state index contributed by atoms with van der Waals surface area (Å²) in [6, 6.07) is 8.02. The molecule has 1 atom stereocenters. The van der Waals surface area contributed by atoms with E-state index in [1.807, 2.05) is 36.2 Å². The van der Waals surface area contributed by atoms with Gasteiger partial charge < -0.3 is 28.9 Å². The maximum atomic E-state index is 13.6. The summed E-state index contributed by atoms with van der Waals surface area (Å²) in [6.07, 6.45) is -0.840. The summed E-state index contributed by atoms with van der Waals surface area (Å²) >= 11 is 0. The van der Waals surface area contributed by atoms with E-state index in [9.17, 15) is 9.90 Å². The third-order valence-electron chi connectivity index (χ3n) is 8.06. The molecule has 3 saturated heterocycles. The van der Waals surface area contributed by atoms with Crippen molar-refractivity contribution < 1.29 is 19.4 Å². The van der Waals surface area contributed by atoms with Gasteiger partial charge in [-0.05, 0) is 19.1 Å². The number of para-hydroxylation sites is 2. The van der Waals surface area contributed by atoms with Crippen molar-refractivity contribution in [2.45, 2.75) is 19.1 Å². The van der Waals surface area contributed by atoms with Crippen LogP contribution in [0.1, 0.15) is 29.5 Å². The second-order valence-electron chi connectivity index (χ2n) is 10.6. The lowest BCUT2D eigenvalue weighted by atomic mass is 10.1. The molecule has 0 saturated carbocycles. The quantitative estimate of drug-likeness (QED) is 0.382. The molecule has 3 aromatic heterocycles. The zero-order valence-electron chi connectivity index (χ0n) is 22.7. The van der Waals surface area contributed by atoms with Crippen LogP contribution in [0.5, 0.6) is 0 Å². The van der Waals surface area contributed by atoms with Crippen molar-refractivity contribution in [3.8, 4) is 5.95 Å². The molecule has 4 aromatic rings. The number of imidazole rings is 2. The topological polar surface area (TPSA) is 127 Å². The summed E-state index contributed by atoms with van der Waals surface area (Å²) < 4.78 is 14.6. The largest absolute Gasteiger partial charge is 0.385 e. The Bertz CT molecular complexity index is 1560. The minimum Gasteiger partial charge on any atom is -0.385 e. The van der Waals surface area contributed by atoms with Crippen LogP contribution in [0, 0.1) is 0 Å². The zero-order chi connectivity index (χ0) is 27.4. The van der Waals surface area contributed by atoms with Gasteiger partial charge in [0.05, 0.1) is 37.5 Å². The van der Waals surface area contributed by atoms with E-state index in [0.717, 1.165) is 37.3 Å². The number of aliphatic hydroxyl groups is 1. The predicted octanol–water partition coefficient (Wildman–Crippen LogP) is 0.749. The molecular weight excluding hydrogens is 514 g/mol. The number of aryl methyl sites for hydroxylation is 1. The second kappa shape index (κ2) is 10.1. The molecule has 1 amide bonds. The highest BCUT2D eigenvalue weighted by Crippen LogP contribution is 2.30. The number of nitrogens with zero attached hydrogens (tertiary/aromatic N) is 9. The van der Waals surface area contributed by atoms with E-state index in [0.29, 0.717) is 80.0 Å². The van der Waals surface area contributed by atoms with Crippen molar-refractivity contribution in [3.05, 3.63) is 35.9 Å². The number of carbonyl (C=O) groups excluding carboxylic acids is 1. The number of anilines is 1. The lowest BCUT2D eigenvalue weighted by Gasteiger charge is -2.46. The van der Waals surface area contributed by atoms with Gasteiger partial charge in [-0.1, -0.05) is 12.1 Å². The normalized spacial score (nSPS) is 19.9. The molecule has 0 unspecified atom stereocenters. The number of aliphatic hydroxyl groups excluding tert-OH is 1. The fourth-order valence-corrected chi connectivity index (χ4v) is 5.79. The molecule has 3 aliphatic heterocycles. The van der Waals surface area contributed by atoms with Crippen LogP contribution >= 0.6 is 0 Å². The first-order valence-corrected chi connectivity index (χ1v) is 13.8. The molecule has 3 fully saturated rings. The summed E-state index contributed by atoms with van der Waals surface area (Å²) in [7, 11) is 1.82. The van der Waals surface area contributed by atoms with Gasteiger partial charge in [-0.3, -0.25) is 14.3 Å². The van der Waals surface area contributed by atoms with E-state index in [-0.39, 0.29) is 5.91 Å². The molecule has 3 aliphatic rings. The van der Waals surface area contributed by atoms with Crippen LogP contribution < -0.4 is 4.90 Å². The minimum absolute atomic E-state index is 0.114. The summed E-state index contributed by atoms with van der Waals surface area (Å²) in [5.74, 6) is 1.68. The highest BCUT2D eigenvalue weighted by Gasteiger charge is 2.38. The van der Waals surface area contributed by atoms with Crippen molar-refractivity contribution in [1.29, 1.82) is 0 Å². The lowest BCUT2D eigenvalue weighted by Crippen LogP contribution is -2.63. The summed E-state index contributed by atoms with van der Waals surface area (Å²) in [5.41, 5.74) is 2.65. The summed E-state index contributed by atoms with van der Waals surface area (Å²) in [5, 5.41) is 10.6. The highest BCUT2D eigenvalue weighted by molar-refractivity contribution is 5.97. The van der Waals surface area contributed by atoms with Crippen LogP contribution in [-0.4, -0.2) is 122 Å². The van der Waals surface area contributed by atoms with Crippen molar-refractivity contribution >= 4 is 33.9 Å². The maximum Gasteiger partial charge on any atom is 0.290 e. The molecule has 1 aromatic carbocycles. The van der Waals surface area contributed by atoms with E-state index < -0.39 is 6.10 Å². The van der Waals surface area contributed by atoms with Crippen molar-refractivity contribution in [2.75, 3.05) is 70.6 Å². The zero-order valence-corrected chi connectivity index (χ0v) is 22.7. The number of fused-ring (bicyclic) bond motifs is 2. The fraction of sp³-hybridized carbons (Fsp3) is 0.519. The van der Waals surface area contributed by atoms with E-state index in [2.05, 4.69) is 14.8 Å². The Morgan fingerprint density at radius 2 is 1.68 bits per heavy atom. The Morgan fingerprint density at radius 1 is 0.975 bits per heavy atom. The van der Waals surface area contributed by atoms with E-state index >= 15 is 0 Å². The number of carbonyl (C=O) groups is 1. The van der Waals surface area contributed by atoms with Gasteiger partial charge in [-0.25, -0.2) is 9.97 Å². The molecule has 13 heteroatoms. The maximum absolute atomic E-state index is 13.6. The number of aromatic nitrogens is 6. The monoisotopic (exact) mass is 547 g/mol. The van der Waals surface area contributed by atoms with Gasteiger partial charge in [0, 0.05) is 52.4 Å². The first kappa shape index (κ1) is 25.3. The molecule has 0 aliphatic carbocycles. The van der Waals surface area contributed by atoms with Crippen molar-refractivity contribution in [2.24, 2.45) is 7.05 Å². The lowest BCUT2D eigenvalue weighted by molar-refractivity contribution is -0.0260. The van der Waals surface area contributed by atoms with Gasteiger partial charge >= 0.3 is 0 Å². The van der Waals surface area contributed by atoms with Crippen LogP contribution in [0.3, 0.4) is 0 Å². The number of amides is 1. The number of likely N-dealkylation sites (tertiary alicyclic amines) is 1. The smallest absolute Gasteiger partial charge is 0.290 e. The highest BCUT2D eigenvalue weighted by atomic mass is 16.5. The van der Waals surface area contributed by atoms with Gasteiger partial charge in [-0.2, -0.15) is 9.97 Å². The fourth-order valence-electron chi connectivity index (χ4n) is 5.79. The van der Waals surface area contributed by atoms with Crippen LogP contribution in [-0.2, 0) is 16.5 Å². The third-order valence-corrected chi connectivity index (χ3v) is 8.06. The Balaban J connectivity index is 1.31. The SMILES string of the molecule is C[C@@H](O)c1nc2ccccc2n1-c1nc(N2CCOCC2)c2nc(C(=O)N3CC(N4CCOCC4)C3)n(C)c2n1. The Hall–Kier alpha value is -3.65. The van der Waals surface area contributed by atoms with Crippen LogP contribution in [0.15, 0.2) is 24.3 Å². The Labute approximate surface area is 230 Å². The number of ether oxygens (including phenoxy) is 2. The van der Waals surface area contributed by atoms with Crippen LogP contribution in [0.4, 0.5) is 5.82 Å². The average molecular weight is 548 g/mol. The first-order valence-electron chi connectivity index (χ1n) is 13.8. The molecule has 40 heavy (non-hydrogen) atoms. The number of benzene rings is 1. The number of morpholine rings is 2. The molecule has 13 nitrogen and oxygen atoms in total. The number of hydrogen-bond acceptors (Lipinski definition) is 10. The number of rotatable bonds is 5. The van der Waals surface area contributed by atoms with Gasteiger partial charge in [0.15, 0.2) is 17.0 Å². The molecular formula is C27H33N9O4. The Kier molecular flexibility index (Phi) is 6.38. The first-order chi connectivity index (χ1) is 19.5. The minimum atomic E-state index is -0.840. The van der Waals surface area contributed by atoms with Gasteiger partial charge in [0.2, 0.25) is 11.8 Å². The summed E-state index contributed by atoms with van der Waals surface area (Å²) in [6.45, 7) is 8.74. The predicted molar refractivity (Wildman–Crippen MR) is 147 cm³/mol. The van der Waals surface area contributed by atoms with Gasteiger partial charge in [-0.15, -0.1) is 0 Å². The molecule has 0 radical (unpaired) electrons. The van der Waals surface area contributed by atoms with Gasteiger partial charge in [0.25, 0.3) is 5.91 Å². The molecule has 1 N–H and O–H groups in total. The second-order valence-corrected chi connectivity index (χ2v) is 10.6. The molecule has 0 spiro atoms. The summed E-state index contributed by atoms with van der Waals surface area (Å²) in [4.78, 5) is 39.4. The van der Waals surface area contributed by atoms with Gasteiger partial charge in [0.1, 0.15) is 11.9 Å². The average Bonchev–Trinajstić information content (AvgIpc) is 3.51.